The lowest BCUT2D eigenvalue weighted by Gasteiger charge is -2.27. The number of nitrogens with one attached hydrogen (secondary N) is 4. The van der Waals surface area contributed by atoms with Crippen LogP contribution in [0.2, 0.25) is 0 Å². The SMILES string of the molecule is N=C1C=CC=C/C1=N/Nc1cccc(N(c2cccc(N/N=C3/C=CC=CC3=N)c2)c2ccc(-c3ccccc3)c(-c3ccccc3)c2)c1. The minimum absolute atomic E-state index is 0.350. The summed E-state index contributed by atoms with van der Waals surface area (Å²) >= 11 is 0. The third-order valence-electron chi connectivity index (χ3n) is 8.06. The van der Waals surface area contributed by atoms with Crippen LogP contribution in [0.15, 0.2) is 186 Å². The van der Waals surface area contributed by atoms with Crippen molar-refractivity contribution in [1.29, 1.82) is 10.8 Å². The molecule has 7 heteroatoms. The van der Waals surface area contributed by atoms with Crippen molar-refractivity contribution in [1.82, 2.24) is 0 Å². The maximum atomic E-state index is 8.20. The van der Waals surface area contributed by atoms with Gasteiger partial charge in [-0.3, -0.25) is 21.7 Å². The second kappa shape index (κ2) is 14.3. The Bertz CT molecular complexity index is 2110. The van der Waals surface area contributed by atoms with Crippen LogP contribution in [0.5, 0.6) is 0 Å². The highest BCUT2D eigenvalue weighted by molar-refractivity contribution is 6.50. The van der Waals surface area contributed by atoms with Crippen LogP contribution in [0.25, 0.3) is 22.3 Å². The molecule has 0 aromatic heterocycles. The molecule has 0 saturated heterocycles. The van der Waals surface area contributed by atoms with Gasteiger partial charge in [0.05, 0.1) is 22.8 Å². The van der Waals surface area contributed by atoms with Crippen molar-refractivity contribution in [2.45, 2.75) is 0 Å². The van der Waals surface area contributed by atoms with E-state index >= 15 is 0 Å². The predicted octanol–water partition coefficient (Wildman–Crippen LogP) is 10.3. The molecule has 0 bridgehead atoms. The Morgan fingerprint density at radius 1 is 0.429 bits per heavy atom. The first kappa shape index (κ1) is 30.8. The highest BCUT2D eigenvalue weighted by Gasteiger charge is 2.17. The molecule has 0 spiro atoms. The Morgan fingerprint density at radius 2 is 0.898 bits per heavy atom. The molecule has 0 fully saturated rings. The molecule has 7 rings (SSSR count). The number of hydrogen-bond donors (Lipinski definition) is 4. The van der Waals surface area contributed by atoms with Crippen molar-refractivity contribution >= 4 is 51.3 Å². The van der Waals surface area contributed by atoms with E-state index < -0.39 is 0 Å². The second-order valence-corrected chi connectivity index (χ2v) is 11.4. The van der Waals surface area contributed by atoms with Crippen molar-refractivity contribution in [3.63, 3.8) is 0 Å². The minimum Gasteiger partial charge on any atom is -0.310 e. The van der Waals surface area contributed by atoms with Crippen LogP contribution in [-0.4, -0.2) is 22.8 Å². The minimum atomic E-state index is 0.350. The van der Waals surface area contributed by atoms with Crippen LogP contribution in [0.3, 0.4) is 0 Å². The number of hydrogen-bond acceptors (Lipinski definition) is 7. The number of nitrogens with zero attached hydrogens (tertiary/aromatic N) is 3. The van der Waals surface area contributed by atoms with Gasteiger partial charge in [-0.05, 0) is 95.1 Å². The quantitative estimate of drug-likeness (QED) is 0.0958. The summed E-state index contributed by atoms with van der Waals surface area (Å²) in [7, 11) is 0. The van der Waals surface area contributed by atoms with E-state index in [2.05, 4.69) is 105 Å². The molecule has 0 atom stereocenters. The van der Waals surface area contributed by atoms with Crippen molar-refractivity contribution < 1.29 is 0 Å². The third-order valence-corrected chi connectivity index (χ3v) is 8.06. The molecule has 0 radical (unpaired) electrons. The Balaban J connectivity index is 1.33. The Labute approximate surface area is 285 Å². The van der Waals surface area contributed by atoms with Crippen LogP contribution in [0, 0.1) is 10.8 Å². The number of benzene rings is 5. The molecule has 0 unspecified atom stereocenters. The largest absolute Gasteiger partial charge is 0.310 e. The lowest BCUT2D eigenvalue weighted by molar-refractivity contribution is 1.26. The molecule has 2 aliphatic carbocycles. The van der Waals surface area contributed by atoms with E-state index in [-0.39, 0.29) is 0 Å². The van der Waals surface area contributed by atoms with Gasteiger partial charge in [-0.25, -0.2) is 0 Å². The van der Waals surface area contributed by atoms with Crippen molar-refractivity contribution in [3.8, 4) is 22.3 Å². The van der Waals surface area contributed by atoms with E-state index in [4.69, 9.17) is 10.8 Å². The standard InChI is InChI=1S/C42H33N7/c43-39-21-7-9-23-41(39)47-45-32-17-11-19-34(27-32)49(35-20-12-18-33(28-35)46-48-42-24-10-8-22-40(42)44)36-25-26-37(30-13-3-1-4-14-30)38(29-36)31-15-5-2-6-16-31/h1-29,43-46H/b43-39?,44-40?,47-41-,48-42-. The third kappa shape index (κ3) is 7.11. The molecule has 0 aliphatic heterocycles. The molecule has 49 heavy (non-hydrogen) atoms. The predicted molar refractivity (Wildman–Crippen MR) is 206 cm³/mol. The zero-order valence-electron chi connectivity index (χ0n) is 26.6. The average Bonchev–Trinajstić information content (AvgIpc) is 3.15. The molecule has 5 aromatic carbocycles. The monoisotopic (exact) mass is 635 g/mol. The van der Waals surface area contributed by atoms with Crippen molar-refractivity contribution in [3.05, 3.63) is 176 Å². The zero-order chi connectivity index (χ0) is 33.4. The zero-order valence-corrected chi connectivity index (χ0v) is 26.6. The molecular weight excluding hydrogens is 603 g/mol. The van der Waals surface area contributed by atoms with Gasteiger partial charge < -0.3 is 4.90 Å². The summed E-state index contributed by atoms with van der Waals surface area (Å²) < 4.78 is 0. The Hall–Kier alpha value is -6.86. The smallest absolute Gasteiger partial charge is 0.108 e. The second-order valence-electron chi connectivity index (χ2n) is 11.4. The van der Waals surface area contributed by atoms with E-state index in [0.717, 1.165) is 50.7 Å². The summed E-state index contributed by atoms with van der Waals surface area (Å²) in [5.74, 6) is 0. The maximum Gasteiger partial charge on any atom is 0.108 e. The highest BCUT2D eigenvalue weighted by atomic mass is 15.3. The fourth-order valence-electron chi connectivity index (χ4n) is 5.67. The summed E-state index contributed by atoms with van der Waals surface area (Å²) in [5, 5.41) is 25.4. The first-order chi connectivity index (χ1) is 24.1. The molecule has 236 valence electrons. The summed E-state index contributed by atoms with van der Waals surface area (Å²) in [4.78, 5) is 2.20. The van der Waals surface area contributed by atoms with Gasteiger partial charge in [0, 0.05) is 17.1 Å². The van der Waals surface area contributed by atoms with E-state index in [9.17, 15) is 0 Å². The van der Waals surface area contributed by atoms with Crippen LogP contribution in [0.4, 0.5) is 28.4 Å². The van der Waals surface area contributed by atoms with E-state index in [1.165, 1.54) is 0 Å². The Morgan fingerprint density at radius 3 is 1.41 bits per heavy atom. The van der Waals surface area contributed by atoms with Gasteiger partial charge in [-0.2, -0.15) is 10.2 Å². The van der Waals surface area contributed by atoms with Crippen LogP contribution < -0.4 is 15.8 Å². The van der Waals surface area contributed by atoms with Crippen LogP contribution >= 0.6 is 0 Å². The molecule has 5 aromatic rings. The first-order valence-electron chi connectivity index (χ1n) is 15.9. The Kier molecular flexibility index (Phi) is 8.97. The molecule has 4 N–H and O–H groups in total. The molecule has 0 saturated carbocycles. The van der Waals surface area contributed by atoms with Crippen LogP contribution in [0.1, 0.15) is 0 Å². The number of anilines is 5. The summed E-state index contributed by atoms with van der Waals surface area (Å²) in [6.07, 6.45) is 14.5. The van der Waals surface area contributed by atoms with Gasteiger partial charge in [0.2, 0.25) is 0 Å². The fourth-order valence-corrected chi connectivity index (χ4v) is 5.67. The van der Waals surface area contributed by atoms with E-state index in [1.807, 2.05) is 85.0 Å². The van der Waals surface area contributed by atoms with Crippen LogP contribution in [-0.2, 0) is 0 Å². The molecule has 2 aliphatic rings. The first-order valence-corrected chi connectivity index (χ1v) is 15.9. The normalized spacial score (nSPS) is 15.2. The molecule has 0 amide bonds. The lowest BCUT2D eigenvalue weighted by Crippen LogP contribution is -2.13. The van der Waals surface area contributed by atoms with Crippen molar-refractivity contribution in [2.24, 2.45) is 10.2 Å². The summed E-state index contributed by atoms with van der Waals surface area (Å²) in [6, 6.07) is 43.6. The van der Waals surface area contributed by atoms with Gasteiger partial charge in [-0.15, -0.1) is 0 Å². The topological polar surface area (TPSA) is 99.7 Å². The number of rotatable bonds is 9. The van der Waals surface area contributed by atoms with Crippen molar-refractivity contribution in [2.75, 3.05) is 15.8 Å². The number of hydrazone groups is 2. The molecular formula is C42H33N7. The number of allylic oxidation sites excluding steroid dienone is 8. The van der Waals surface area contributed by atoms with Gasteiger partial charge in [0.1, 0.15) is 11.4 Å². The molecule has 7 nitrogen and oxygen atoms in total. The fraction of sp³-hybridized carbons (Fsp3) is 0. The lowest BCUT2D eigenvalue weighted by atomic mass is 9.93. The van der Waals surface area contributed by atoms with Gasteiger partial charge in [0.15, 0.2) is 0 Å². The maximum absolute atomic E-state index is 8.20. The summed E-state index contributed by atoms with van der Waals surface area (Å²) in [5.41, 5.74) is 17.0. The van der Waals surface area contributed by atoms with Gasteiger partial charge >= 0.3 is 0 Å². The van der Waals surface area contributed by atoms with Gasteiger partial charge in [-0.1, -0.05) is 103 Å². The average molecular weight is 636 g/mol. The summed E-state index contributed by atoms with van der Waals surface area (Å²) in [6.45, 7) is 0. The van der Waals surface area contributed by atoms with Gasteiger partial charge in [0.25, 0.3) is 0 Å². The van der Waals surface area contributed by atoms with E-state index in [1.54, 1.807) is 12.2 Å². The molecule has 0 heterocycles. The van der Waals surface area contributed by atoms with E-state index in [0.29, 0.717) is 22.8 Å². The highest BCUT2D eigenvalue weighted by Crippen LogP contribution is 2.41.